The van der Waals surface area contributed by atoms with Crippen molar-refractivity contribution in [2.24, 2.45) is 0 Å². The van der Waals surface area contributed by atoms with Gasteiger partial charge in [0, 0.05) is 18.9 Å². The number of hydrogen-bond acceptors (Lipinski definition) is 4. The molecule has 0 spiro atoms. The molecule has 0 bridgehead atoms. The fraction of sp³-hybridized carbons (Fsp3) is 0.444. The third-order valence-corrected chi connectivity index (χ3v) is 7.53. The van der Waals surface area contributed by atoms with E-state index in [0.29, 0.717) is 11.3 Å². The lowest BCUT2D eigenvalue weighted by atomic mass is 9.80. The monoisotopic (exact) mass is 523 g/mol. The molecular formula is C27H32F3NO4S. The van der Waals surface area contributed by atoms with Crippen LogP contribution in [0.1, 0.15) is 63.6 Å². The molecule has 9 heteroatoms. The van der Waals surface area contributed by atoms with E-state index in [1.807, 2.05) is 24.3 Å². The van der Waals surface area contributed by atoms with Crippen LogP contribution in [0.25, 0.3) is 5.57 Å². The van der Waals surface area contributed by atoms with E-state index in [-0.39, 0.29) is 24.9 Å². The smallest absolute Gasteiger partial charge is 0.389 e. The standard InChI is InChI=1S/C27H32F3NO4S/c1-25(2,3)21-9-7-19(8-10-21)20-17-24(32)31(36(5,33)34)26(4,18-20)22-11-13-23(14-12-22)35-16-6-15-27(28,29)30/h7-14,17H,6,15-16,18H2,1-5H3. The van der Waals surface area contributed by atoms with Crippen molar-refractivity contribution in [1.29, 1.82) is 0 Å². The molecule has 0 N–H and O–H groups in total. The number of sulfonamides is 1. The Kier molecular flexibility index (Phi) is 7.65. The summed E-state index contributed by atoms with van der Waals surface area (Å²) >= 11 is 0. The average Bonchev–Trinajstić information content (AvgIpc) is 2.74. The van der Waals surface area contributed by atoms with Crippen molar-refractivity contribution in [2.75, 3.05) is 12.9 Å². The molecular weight excluding hydrogens is 491 g/mol. The van der Waals surface area contributed by atoms with Crippen molar-refractivity contribution in [3.8, 4) is 5.75 Å². The van der Waals surface area contributed by atoms with Gasteiger partial charge in [-0.25, -0.2) is 12.7 Å². The number of ether oxygens (including phenoxy) is 1. The predicted molar refractivity (Wildman–Crippen MR) is 134 cm³/mol. The number of benzene rings is 2. The Labute approximate surface area is 211 Å². The maximum atomic E-state index is 13.1. The summed E-state index contributed by atoms with van der Waals surface area (Å²) in [6, 6.07) is 14.3. The molecule has 0 aliphatic carbocycles. The molecule has 5 nitrogen and oxygen atoms in total. The van der Waals surface area contributed by atoms with Gasteiger partial charge >= 0.3 is 6.18 Å². The van der Waals surface area contributed by atoms with E-state index in [1.54, 1.807) is 31.2 Å². The molecule has 1 unspecified atom stereocenters. The second-order valence-corrected chi connectivity index (χ2v) is 12.2. The third-order valence-electron chi connectivity index (χ3n) is 6.28. The highest BCUT2D eigenvalue weighted by atomic mass is 32.2. The Balaban J connectivity index is 1.90. The van der Waals surface area contributed by atoms with E-state index in [9.17, 15) is 26.4 Å². The number of nitrogens with zero attached hydrogens (tertiary/aromatic N) is 1. The van der Waals surface area contributed by atoms with Gasteiger partial charge in [-0.05, 0) is 53.2 Å². The van der Waals surface area contributed by atoms with Gasteiger partial charge in [0.05, 0.1) is 18.4 Å². The molecule has 0 aromatic heterocycles. The Bertz CT molecular complexity index is 1230. The van der Waals surface area contributed by atoms with Crippen molar-refractivity contribution in [3.63, 3.8) is 0 Å². The highest BCUT2D eigenvalue weighted by molar-refractivity contribution is 7.89. The van der Waals surface area contributed by atoms with Crippen LogP contribution in [-0.2, 0) is 25.8 Å². The highest BCUT2D eigenvalue weighted by Crippen LogP contribution is 2.43. The van der Waals surface area contributed by atoms with Crippen LogP contribution in [-0.4, -0.2) is 37.7 Å². The summed E-state index contributed by atoms with van der Waals surface area (Å²) in [5.74, 6) is -0.264. The lowest BCUT2D eigenvalue weighted by Crippen LogP contribution is -2.52. The lowest BCUT2D eigenvalue weighted by Gasteiger charge is -2.43. The largest absolute Gasteiger partial charge is 0.494 e. The zero-order valence-corrected chi connectivity index (χ0v) is 22.0. The van der Waals surface area contributed by atoms with Gasteiger partial charge in [-0.15, -0.1) is 0 Å². The molecule has 1 amide bonds. The van der Waals surface area contributed by atoms with Crippen LogP contribution < -0.4 is 4.74 Å². The van der Waals surface area contributed by atoms with Gasteiger partial charge in [0.15, 0.2) is 0 Å². The Morgan fingerprint density at radius 2 is 1.58 bits per heavy atom. The first-order chi connectivity index (χ1) is 16.5. The minimum atomic E-state index is -4.23. The van der Waals surface area contributed by atoms with Crippen LogP contribution in [0.4, 0.5) is 13.2 Å². The molecule has 2 aromatic rings. The van der Waals surface area contributed by atoms with Crippen LogP contribution in [0.3, 0.4) is 0 Å². The topological polar surface area (TPSA) is 63.7 Å². The van der Waals surface area contributed by atoms with Gasteiger partial charge < -0.3 is 4.74 Å². The summed E-state index contributed by atoms with van der Waals surface area (Å²) in [7, 11) is -3.90. The van der Waals surface area contributed by atoms with E-state index in [0.717, 1.165) is 27.3 Å². The van der Waals surface area contributed by atoms with Gasteiger partial charge in [-0.2, -0.15) is 13.2 Å². The normalized spacial score (nSPS) is 19.3. The maximum absolute atomic E-state index is 13.1. The number of alkyl halides is 3. The SMILES string of the molecule is CC(C)(C)c1ccc(C2=CC(=O)N(S(C)(=O)=O)C(C)(c3ccc(OCCCC(F)(F)F)cc3)C2)cc1. The van der Waals surface area contributed by atoms with Gasteiger partial charge in [-0.1, -0.05) is 57.2 Å². The second-order valence-electron chi connectivity index (χ2n) is 10.4. The molecule has 3 rings (SSSR count). The lowest BCUT2D eigenvalue weighted by molar-refractivity contribution is -0.136. The molecule has 0 saturated carbocycles. The number of hydrogen-bond donors (Lipinski definition) is 0. The van der Waals surface area contributed by atoms with Crippen LogP contribution in [0, 0.1) is 0 Å². The van der Waals surface area contributed by atoms with E-state index < -0.39 is 34.1 Å². The molecule has 1 aliphatic rings. The van der Waals surface area contributed by atoms with Crippen molar-refractivity contribution in [2.45, 2.75) is 64.1 Å². The summed E-state index contributed by atoms with van der Waals surface area (Å²) in [5, 5.41) is 0. The van der Waals surface area contributed by atoms with E-state index in [4.69, 9.17) is 4.74 Å². The Morgan fingerprint density at radius 3 is 2.08 bits per heavy atom. The van der Waals surface area contributed by atoms with E-state index >= 15 is 0 Å². The average molecular weight is 524 g/mol. The van der Waals surface area contributed by atoms with Crippen molar-refractivity contribution >= 4 is 21.5 Å². The highest BCUT2D eigenvalue weighted by Gasteiger charge is 2.45. The zero-order valence-electron chi connectivity index (χ0n) is 21.1. The van der Waals surface area contributed by atoms with Crippen LogP contribution in [0.15, 0.2) is 54.6 Å². The molecule has 0 saturated heterocycles. The van der Waals surface area contributed by atoms with Crippen molar-refractivity contribution in [3.05, 3.63) is 71.3 Å². The molecule has 1 heterocycles. The first-order valence-electron chi connectivity index (χ1n) is 11.7. The van der Waals surface area contributed by atoms with Crippen LogP contribution in [0.2, 0.25) is 0 Å². The molecule has 2 aromatic carbocycles. The quantitative estimate of drug-likeness (QED) is 0.406. The maximum Gasteiger partial charge on any atom is 0.389 e. The third kappa shape index (κ3) is 6.49. The van der Waals surface area contributed by atoms with Gasteiger partial charge in [0.25, 0.3) is 5.91 Å². The summed E-state index contributed by atoms with van der Waals surface area (Å²) < 4.78 is 68.6. The van der Waals surface area contributed by atoms with E-state index in [2.05, 4.69) is 20.8 Å². The van der Waals surface area contributed by atoms with Crippen molar-refractivity contribution in [1.82, 2.24) is 4.31 Å². The van der Waals surface area contributed by atoms with E-state index in [1.165, 1.54) is 6.08 Å². The molecule has 0 radical (unpaired) electrons. The molecule has 1 atom stereocenters. The fourth-order valence-electron chi connectivity index (χ4n) is 4.44. The van der Waals surface area contributed by atoms with Crippen LogP contribution in [0.5, 0.6) is 5.75 Å². The first kappa shape index (κ1) is 27.8. The summed E-state index contributed by atoms with van der Waals surface area (Å²) in [6.07, 6.45) is -2.71. The predicted octanol–water partition coefficient (Wildman–Crippen LogP) is 6.20. The van der Waals surface area contributed by atoms with Crippen LogP contribution >= 0.6 is 0 Å². The number of carbonyl (C=O) groups is 1. The summed E-state index contributed by atoms with van der Waals surface area (Å²) in [4.78, 5) is 13.1. The number of carbonyl (C=O) groups excluding carboxylic acids is 1. The Morgan fingerprint density at radius 1 is 1.00 bits per heavy atom. The van der Waals surface area contributed by atoms with Crippen molar-refractivity contribution < 1.29 is 31.1 Å². The first-order valence-corrected chi connectivity index (χ1v) is 13.5. The number of amides is 1. The summed E-state index contributed by atoms with van der Waals surface area (Å²) in [5.41, 5.74) is 2.02. The Hall–Kier alpha value is -2.81. The fourth-order valence-corrected chi connectivity index (χ4v) is 5.72. The minimum absolute atomic E-state index is 0.0343. The molecule has 0 fully saturated rings. The van der Waals surface area contributed by atoms with Gasteiger partial charge in [0.2, 0.25) is 10.0 Å². The minimum Gasteiger partial charge on any atom is -0.494 e. The number of halogens is 3. The molecule has 196 valence electrons. The second kappa shape index (κ2) is 9.92. The number of rotatable bonds is 7. The zero-order chi connectivity index (χ0) is 26.9. The molecule has 36 heavy (non-hydrogen) atoms. The van der Waals surface area contributed by atoms with Gasteiger partial charge in [-0.3, -0.25) is 4.79 Å². The molecule has 1 aliphatic heterocycles. The van der Waals surface area contributed by atoms with Gasteiger partial charge in [0.1, 0.15) is 5.75 Å². The summed E-state index contributed by atoms with van der Waals surface area (Å²) in [6.45, 7) is 7.92.